The van der Waals surface area contributed by atoms with Gasteiger partial charge in [0.2, 0.25) is 5.88 Å². The van der Waals surface area contributed by atoms with Gasteiger partial charge in [0.1, 0.15) is 17.3 Å². The molecule has 0 saturated heterocycles. The number of carbonyl (C=O) groups is 2. The second kappa shape index (κ2) is 11.5. The van der Waals surface area contributed by atoms with Crippen LogP contribution in [0.1, 0.15) is 29.5 Å². The van der Waals surface area contributed by atoms with Gasteiger partial charge in [-0.1, -0.05) is 16.8 Å². The summed E-state index contributed by atoms with van der Waals surface area (Å²) in [4.78, 5) is 22.5. The molecule has 2 aromatic heterocycles. The SMILES string of the molecule is N#Cc1ccc(C(F)(F)F)nc1O[C@H](CCN)c1cc(Cl)no1.O=C(O)/C=C/C(=O)O. The highest BCUT2D eigenvalue weighted by Crippen LogP contribution is 2.32. The summed E-state index contributed by atoms with van der Waals surface area (Å²) in [5, 5.41) is 28.1. The lowest BCUT2D eigenvalue weighted by atomic mass is 10.2. The Hall–Kier alpha value is -3.63. The minimum atomic E-state index is -4.66. The molecule has 2 heterocycles. The zero-order chi connectivity index (χ0) is 23.6. The number of aromatic nitrogens is 2. The fourth-order valence-corrected chi connectivity index (χ4v) is 2.02. The molecule has 0 aliphatic heterocycles. The lowest BCUT2D eigenvalue weighted by Crippen LogP contribution is -2.15. The Kier molecular flexibility index (Phi) is 9.45. The van der Waals surface area contributed by atoms with E-state index in [2.05, 4.69) is 10.1 Å². The molecule has 0 aromatic carbocycles. The largest absolute Gasteiger partial charge is 0.478 e. The van der Waals surface area contributed by atoms with Crippen molar-refractivity contribution >= 4 is 23.5 Å². The quantitative estimate of drug-likeness (QED) is 0.519. The first kappa shape index (κ1) is 25.4. The van der Waals surface area contributed by atoms with E-state index in [1.807, 2.05) is 0 Å². The molecule has 0 amide bonds. The number of rotatable bonds is 7. The van der Waals surface area contributed by atoms with E-state index in [0.717, 1.165) is 6.07 Å². The van der Waals surface area contributed by atoms with Crippen molar-refractivity contribution in [3.8, 4) is 11.9 Å². The maximum atomic E-state index is 12.7. The van der Waals surface area contributed by atoms with Crippen LogP contribution in [-0.2, 0) is 15.8 Å². The lowest BCUT2D eigenvalue weighted by molar-refractivity contribution is -0.141. The summed E-state index contributed by atoms with van der Waals surface area (Å²) in [6.45, 7) is 0.157. The van der Waals surface area contributed by atoms with E-state index in [0.29, 0.717) is 18.2 Å². The number of carboxylic acid groups (broad SMARTS) is 2. The number of nitrogens with zero attached hydrogens (tertiary/aromatic N) is 3. The normalized spacial score (nSPS) is 11.9. The smallest absolute Gasteiger partial charge is 0.433 e. The van der Waals surface area contributed by atoms with Crippen LogP contribution in [0.25, 0.3) is 0 Å². The van der Waals surface area contributed by atoms with Crippen LogP contribution >= 0.6 is 11.6 Å². The predicted octanol–water partition coefficient (Wildman–Crippen LogP) is 2.79. The van der Waals surface area contributed by atoms with E-state index in [1.54, 1.807) is 6.07 Å². The Morgan fingerprint density at radius 1 is 1.32 bits per heavy atom. The van der Waals surface area contributed by atoms with Crippen LogP contribution in [0, 0.1) is 11.3 Å². The molecule has 0 bridgehead atoms. The summed E-state index contributed by atoms with van der Waals surface area (Å²) in [6.07, 6.45) is -4.22. The summed E-state index contributed by atoms with van der Waals surface area (Å²) in [5.41, 5.74) is 4.14. The minimum Gasteiger partial charge on any atom is -0.478 e. The molecular weight excluding hydrogens is 449 g/mol. The molecule has 0 aliphatic rings. The van der Waals surface area contributed by atoms with E-state index in [4.69, 9.17) is 42.1 Å². The maximum Gasteiger partial charge on any atom is 0.433 e. The van der Waals surface area contributed by atoms with Crippen LogP contribution in [0.4, 0.5) is 13.2 Å². The monoisotopic (exact) mass is 462 g/mol. The minimum absolute atomic E-state index is 0.0585. The third-order valence-corrected chi connectivity index (χ3v) is 3.32. The maximum absolute atomic E-state index is 12.7. The van der Waals surface area contributed by atoms with E-state index in [1.165, 1.54) is 6.07 Å². The number of aliphatic carboxylic acids is 2. The van der Waals surface area contributed by atoms with Gasteiger partial charge in [0.05, 0.1) is 0 Å². The van der Waals surface area contributed by atoms with Gasteiger partial charge in [-0.25, -0.2) is 14.6 Å². The van der Waals surface area contributed by atoms with Gasteiger partial charge in [0.25, 0.3) is 0 Å². The van der Waals surface area contributed by atoms with Crippen molar-refractivity contribution in [2.75, 3.05) is 6.54 Å². The van der Waals surface area contributed by atoms with Crippen molar-refractivity contribution in [3.63, 3.8) is 0 Å². The van der Waals surface area contributed by atoms with Crippen LogP contribution in [0.15, 0.2) is 34.9 Å². The Labute approximate surface area is 177 Å². The number of carboxylic acids is 2. The van der Waals surface area contributed by atoms with Crippen LogP contribution in [-0.4, -0.2) is 38.8 Å². The van der Waals surface area contributed by atoms with Crippen molar-refractivity contribution in [3.05, 3.63) is 52.5 Å². The third kappa shape index (κ3) is 8.72. The van der Waals surface area contributed by atoms with Gasteiger partial charge in [-0.3, -0.25) is 0 Å². The van der Waals surface area contributed by atoms with Crippen LogP contribution in [0.3, 0.4) is 0 Å². The summed E-state index contributed by atoms with van der Waals surface area (Å²) in [5.74, 6) is -2.81. The molecule has 14 heteroatoms. The fourth-order valence-electron chi connectivity index (χ4n) is 1.88. The van der Waals surface area contributed by atoms with Crippen molar-refractivity contribution in [2.24, 2.45) is 5.73 Å². The molecule has 0 unspecified atom stereocenters. The van der Waals surface area contributed by atoms with Gasteiger partial charge >= 0.3 is 18.1 Å². The van der Waals surface area contributed by atoms with Crippen molar-refractivity contribution in [1.82, 2.24) is 10.1 Å². The standard InChI is InChI=1S/C13H10ClF3N4O2.C4H4O4/c14-11-5-9(23-21-11)8(3-4-18)22-12-7(6-19)1-2-10(20-12)13(15,16)17;5-3(6)1-2-4(7)8/h1-2,5,8H,3-4,18H2;1-2H,(H,5,6)(H,7,8)/b;2-1+/t8-;/m1./s1. The summed E-state index contributed by atoms with van der Waals surface area (Å²) >= 11 is 5.64. The van der Waals surface area contributed by atoms with Crippen LogP contribution in [0.5, 0.6) is 5.88 Å². The Morgan fingerprint density at radius 3 is 2.35 bits per heavy atom. The third-order valence-electron chi connectivity index (χ3n) is 3.14. The molecule has 0 spiro atoms. The fraction of sp³-hybridized carbons (Fsp3) is 0.235. The summed E-state index contributed by atoms with van der Waals surface area (Å²) in [7, 11) is 0. The number of hydrogen-bond acceptors (Lipinski definition) is 8. The molecule has 2 rings (SSSR count). The molecule has 0 fully saturated rings. The first-order chi connectivity index (χ1) is 14.5. The zero-order valence-corrected chi connectivity index (χ0v) is 16.1. The molecule has 0 aliphatic carbocycles. The summed E-state index contributed by atoms with van der Waals surface area (Å²) in [6, 6.07) is 4.76. The first-order valence-electron chi connectivity index (χ1n) is 8.09. The highest BCUT2D eigenvalue weighted by atomic mass is 35.5. The molecule has 0 radical (unpaired) electrons. The Morgan fingerprint density at radius 2 is 1.94 bits per heavy atom. The number of alkyl halides is 3. The van der Waals surface area contributed by atoms with Crippen molar-refractivity contribution in [1.29, 1.82) is 5.26 Å². The molecule has 166 valence electrons. The lowest BCUT2D eigenvalue weighted by Gasteiger charge is -2.16. The molecule has 31 heavy (non-hydrogen) atoms. The number of hydrogen-bond donors (Lipinski definition) is 3. The second-order valence-electron chi connectivity index (χ2n) is 5.40. The Balaban J connectivity index is 0.000000512. The van der Waals surface area contributed by atoms with E-state index in [-0.39, 0.29) is 29.4 Å². The molecule has 0 saturated carbocycles. The average molecular weight is 463 g/mol. The van der Waals surface area contributed by atoms with Crippen molar-refractivity contribution < 1.29 is 42.2 Å². The van der Waals surface area contributed by atoms with Gasteiger partial charge in [-0.2, -0.15) is 18.4 Å². The van der Waals surface area contributed by atoms with Crippen LogP contribution in [0.2, 0.25) is 5.15 Å². The van der Waals surface area contributed by atoms with Gasteiger partial charge in [0.15, 0.2) is 17.0 Å². The van der Waals surface area contributed by atoms with E-state index >= 15 is 0 Å². The van der Waals surface area contributed by atoms with Gasteiger partial charge in [0, 0.05) is 24.6 Å². The molecule has 2 aromatic rings. The average Bonchev–Trinajstić information content (AvgIpc) is 3.12. The number of nitrogens with two attached hydrogens (primary N) is 1. The molecule has 10 nitrogen and oxygen atoms in total. The van der Waals surface area contributed by atoms with E-state index < -0.39 is 35.8 Å². The number of pyridine rings is 1. The predicted molar refractivity (Wildman–Crippen MR) is 96.9 cm³/mol. The van der Waals surface area contributed by atoms with Gasteiger partial charge in [-0.05, 0) is 18.7 Å². The molecular formula is C17H14ClF3N4O6. The topological polar surface area (TPSA) is 173 Å². The summed E-state index contributed by atoms with van der Waals surface area (Å²) < 4.78 is 48.6. The number of nitriles is 1. The second-order valence-corrected chi connectivity index (χ2v) is 5.79. The Bertz CT molecular complexity index is 971. The highest BCUT2D eigenvalue weighted by Gasteiger charge is 2.34. The van der Waals surface area contributed by atoms with Crippen molar-refractivity contribution in [2.45, 2.75) is 18.7 Å². The molecule has 1 atom stereocenters. The van der Waals surface area contributed by atoms with Gasteiger partial charge in [-0.15, -0.1) is 0 Å². The highest BCUT2D eigenvalue weighted by molar-refractivity contribution is 6.29. The molecule has 4 N–H and O–H groups in total. The zero-order valence-electron chi connectivity index (χ0n) is 15.3. The first-order valence-corrected chi connectivity index (χ1v) is 8.46. The van der Waals surface area contributed by atoms with Crippen LogP contribution < -0.4 is 10.5 Å². The number of ether oxygens (including phenoxy) is 1. The van der Waals surface area contributed by atoms with Gasteiger partial charge < -0.3 is 25.2 Å². The number of halogens is 4. The van der Waals surface area contributed by atoms with E-state index in [9.17, 15) is 22.8 Å².